The summed E-state index contributed by atoms with van der Waals surface area (Å²) in [7, 11) is 1.64. The van der Waals surface area contributed by atoms with E-state index in [0.717, 1.165) is 27.9 Å². The second-order valence-electron chi connectivity index (χ2n) is 4.94. The van der Waals surface area contributed by atoms with Gasteiger partial charge in [-0.2, -0.15) is 0 Å². The maximum absolute atomic E-state index is 6.02. The molecule has 0 fully saturated rings. The molecule has 2 aromatic rings. The molecule has 2 rings (SSSR count). The van der Waals surface area contributed by atoms with Gasteiger partial charge in [0.25, 0.3) is 0 Å². The minimum Gasteiger partial charge on any atom is -0.493 e. The van der Waals surface area contributed by atoms with Crippen molar-refractivity contribution in [3.05, 3.63) is 50.4 Å². The summed E-state index contributed by atoms with van der Waals surface area (Å²) in [5, 5.41) is 4.38. The van der Waals surface area contributed by atoms with Crippen molar-refractivity contribution in [1.82, 2.24) is 0 Å². The van der Waals surface area contributed by atoms with Gasteiger partial charge in [0.1, 0.15) is 0 Å². The number of methoxy groups -OCH3 is 1. The lowest BCUT2D eigenvalue weighted by Crippen LogP contribution is -2.03. The molecular weight excluding hydrogens is 401 g/mol. The van der Waals surface area contributed by atoms with Gasteiger partial charge in [0.15, 0.2) is 11.5 Å². The minimum absolute atomic E-state index is 0.527. The Balaban J connectivity index is 2.13. The normalized spacial score (nSPS) is 10.5. The summed E-state index contributed by atoms with van der Waals surface area (Å²) in [6.45, 7) is 3.34. The van der Waals surface area contributed by atoms with Crippen LogP contribution >= 0.6 is 39.1 Å². The molecule has 0 aliphatic heterocycles. The van der Waals surface area contributed by atoms with E-state index in [9.17, 15) is 0 Å². The predicted molar refractivity (Wildman–Crippen MR) is 100 cm³/mol. The van der Waals surface area contributed by atoms with E-state index in [0.29, 0.717) is 28.9 Å². The Morgan fingerprint density at radius 3 is 2.57 bits per heavy atom. The highest BCUT2D eigenvalue weighted by atomic mass is 79.9. The highest BCUT2D eigenvalue weighted by molar-refractivity contribution is 9.10. The Kier molecular flexibility index (Phi) is 6.88. The second kappa shape index (κ2) is 8.67. The molecule has 6 heteroatoms. The second-order valence-corrected chi connectivity index (χ2v) is 6.61. The predicted octanol–water partition coefficient (Wildman–Crippen LogP) is 6.17. The Morgan fingerprint density at radius 1 is 1.13 bits per heavy atom. The van der Waals surface area contributed by atoms with Crippen LogP contribution < -0.4 is 14.8 Å². The smallest absolute Gasteiger partial charge is 0.175 e. The molecule has 0 heterocycles. The zero-order valence-electron chi connectivity index (χ0n) is 13.0. The lowest BCUT2D eigenvalue weighted by molar-refractivity contribution is 0.292. The van der Waals surface area contributed by atoms with E-state index in [4.69, 9.17) is 32.7 Å². The van der Waals surface area contributed by atoms with Crippen molar-refractivity contribution in [3.63, 3.8) is 0 Å². The summed E-state index contributed by atoms with van der Waals surface area (Å²) in [5.74, 6) is 1.44. The van der Waals surface area contributed by atoms with E-state index < -0.39 is 0 Å². The number of anilines is 1. The maximum atomic E-state index is 6.02. The van der Waals surface area contributed by atoms with Gasteiger partial charge in [0.2, 0.25) is 0 Å². The molecule has 0 saturated carbocycles. The van der Waals surface area contributed by atoms with Crippen LogP contribution in [0.1, 0.15) is 18.9 Å². The third kappa shape index (κ3) is 4.93. The molecule has 0 amide bonds. The molecular formula is C17H18BrCl2NO2. The first kappa shape index (κ1) is 18.2. The lowest BCUT2D eigenvalue weighted by Gasteiger charge is -2.15. The first-order valence-electron chi connectivity index (χ1n) is 7.23. The average molecular weight is 419 g/mol. The maximum Gasteiger partial charge on any atom is 0.175 e. The number of benzene rings is 2. The molecule has 0 aliphatic carbocycles. The zero-order chi connectivity index (χ0) is 16.8. The van der Waals surface area contributed by atoms with Crippen LogP contribution in [0.15, 0.2) is 34.8 Å². The molecule has 0 aliphatic rings. The van der Waals surface area contributed by atoms with Gasteiger partial charge >= 0.3 is 0 Å². The van der Waals surface area contributed by atoms with E-state index >= 15 is 0 Å². The minimum atomic E-state index is 0.527. The first-order valence-corrected chi connectivity index (χ1v) is 8.78. The van der Waals surface area contributed by atoms with Gasteiger partial charge < -0.3 is 14.8 Å². The number of ether oxygens (including phenoxy) is 2. The fourth-order valence-corrected chi connectivity index (χ4v) is 2.93. The van der Waals surface area contributed by atoms with E-state index in [1.807, 2.05) is 18.2 Å². The van der Waals surface area contributed by atoms with Gasteiger partial charge in [0.05, 0.1) is 28.2 Å². The van der Waals surface area contributed by atoms with Gasteiger partial charge in [-0.1, -0.05) is 30.1 Å². The Hall–Kier alpha value is -1.10. The van der Waals surface area contributed by atoms with Crippen LogP contribution in [0.25, 0.3) is 0 Å². The van der Waals surface area contributed by atoms with Crippen LogP contribution in [0.3, 0.4) is 0 Å². The summed E-state index contributed by atoms with van der Waals surface area (Å²) in [6, 6.07) is 9.43. The molecule has 3 nitrogen and oxygen atoms in total. The van der Waals surface area contributed by atoms with Gasteiger partial charge in [-0.15, -0.1) is 0 Å². The number of halogens is 3. The molecule has 0 bridgehead atoms. The molecule has 0 aromatic heterocycles. The molecule has 2 aromatic carbocycles. The summed E-state index contributed by atoms with van der Waals surface area (Å²) >= 11 is 15.5. The van der Waals surface area contributed by atoms with Gasteiger partial charge in [0, 0.05) is 12.2 Å². The van der Waals surface area contributed by atoms with E-state index in [2.05, 4.69) is 28.2 Å². The topological polar surface area (TPSA) is 30.5 Å². The Morgan fingerprint density at radius 2 is 1.91 bits per heavy atom. The van der Waals surface area contributed by atoms with Crippen molar-refractivity contribution >= 4 is 44.8 Å². The quantitative estimate of drug-likeness (QED) is 0.583. The van der Waals surface area contributed by atoms with Crippen LogP contribution in [0.2, 0.25) is 10.0 Å². The summed E-state index contributed by atoms with van der Waals surface area (Å²) in [6.07, 6.45) is 0.941. The van der Waals surface area contributed by atoms with E-state index in [1.165, 1.54) is 0 Å². The van der Waals surface area contributed by atoms with Crippen LogP contribution in [0.4, 0.5) is 5.69 Å². The molecule has 1 N–H and O–H groups in total. The van der Waals surface area contributed by atoms with Gasteiger partial charge in [-0.05, 0) is 58.2 Å². The van der Waals surface area contributed by atoms with Crippen molar-refractivity contribution in [1.29, 1.82) is 0 Å². The Bertz CT molecular complexity index is 680. The molecule has 0 atom stereocenters. The molecule has 0 radical (unpaired) electrons. The van der Waals surface area contributed by atoms with E-state index in [1.54, 1.807) is 19.2 Å². The van der Waals surface area contributed by atoms with Crippen molar-refractivity contribution < 1.29 is 9.47 Å². The van der Waals surface area contributed by atoms with Crippen LogP contribution in [-0.4, -0.2) is 13.7 Å². The largest absolute Gasteiger partial charge is 0.493 e. The van der Waals surface area contributed by atoms with Gasteiger partial charge in [-0.25, -0.2) is 0 Å². The van der Waals surface area contributed by atoms with Crippen molar-refractivity contribution in [2.75, 3.05) is 19.0 Å². The molecule has 0 saturated heterocycles. The van der Waals surface area contributed by atoms with E-state index in [-0.39, 0.29) is 0 Å². The molecule has 0 spiro atoms. The first-order chi connectivity index (χ1) is 11.0. The number of rotatable bonds is 7. The highest BCUT2D eigenvalue weighted by Crippen LogP contribution is 2.37. The molecule has 124 valence electrons. The third-order valence-corrected chi connectivity index (χ3v) is 4.48. The van der Waals surface area contributed by atoms with Crippen LogP contribution in [0.5, 0.6) is 11.5 Å². The number of nitrogens with one attached hydrogen (secondary N) is 1. The third-order valence-electron chi connectivity index (χ3n) is 3.16. The number of hydrogen-bond acceptors (Lipinski definition) is 3. The van der Waals surface area contributed by atoms with Crippen molar-refractivity contribution in [2.24, 2.45) is 0 Å². The lowest BCUT2D eigenvalue weighted by atomic mass is 10.2. The van der Waals surface area contributed by atoms with Gasteiger partial charge in [-0.3, -0.25) is 0 Å². The molecule has 23 heavy (non-hydrogen) atoms. The summed E-state index contributed by atoms with van der Waals surface area (Å²) in [5.41, 5.74) is 1.96. The summed E-state index contributed by atoms with van der Waals surface area (Å²) in [4.78, 5) is 0. The summed E-state index contributed by atoms with van der Waals surface area (Å²) < 4.78 is 12.0. The SMILES string of the molecule is CCCOc1c(Br)cc(CNc2ccc(Cl)c(Cl)c2)cc1OC. The molecule has 0 unspecified atom stereocenters. The number of hydrogen-bond donors (Lipinski definition) is 1. The fraction of sp³-hybridized carbons (Fsp3) is 0.294. The van der Waals surface area contributed by atoms with Crippen molar-refractivity contribution in [2.45, 2.75) is 19.9 Å². The standard InChI is InChI=1S/C17H18BrCl2NO2/c1-3-6-23-17-13(18)7-11(8-16(17)22-2)10-21-12-4-5-14(19)15(20)9-12/h4-5,7-9,21H,3,6,10H2,1-2H3. The average Bonchev–Trinajstić information content (AvgIpc) is 2.54. The Labute approximate surface area is 155 Å². The highest BCUT2D eigenvalue weighted by Gasteiger charge is 2.11. The van der Waals surface area contributed by atoms with Crippen molar-refractivity contribution in [3.8, 4) is 11.5 Å². The fourth-order valence-electron chi connectivity index (χ4n) is 2.03. The van der Waals surface area contributed by atoms with Crippen LogP contribution in [0, 0.1) is 0 Å². The van der Waals surface area contributed by atoms with Crippen LogP contribution in [-0.2, 0) is 6.54 Å². The monoisotopic (exact) mass is 417 g/mol. The zero-order valence-corrected chi connectivity index (χ0v) is 16.1.